The van der Waals surface area contributed by atoms with E-state index in [1.165, 1.54) is 37.0 Å². The number of thioether (sulfide) groups is 1. The molecular formula is C18H29NS. The molecule has 0 radical (unpaired) electrons. The molecule has 2 rings (SSSR count). The third kappa shape index (κ3) is 4.53. The number of hydrogen-bond donors (Lipinski definition) is 1. The monoisotopic (exact) mass is 291 g/mol. The van der Waals surface area contributed by atoms with E-state index in [0.717, 1.165) is 11.2 Å². The third-order valence-electron chi connectivity index (χ3n) is 4.16. The number of nitrogens with one attached hydrogen (secondary N) is 1. The Morgan fingerprint density at radius 2 is 1.95 bits per heavy atom. The van der Waals surface area contributed by atoms with E-state index in [2.05, 4.69) is 68.2 Å². The molecule has 3 atom stereocenters. The van der Waals surface area contributed by atoms with Crippen LogP contribution < -0.4 is 5.32 Å². The minimum absolute atomic E-state index is 0.513. The summed E-state index contributed by atoms with van der Waals surface area (Å²) in [5.74, 6) is 1.97. The molecule has 3 unspecified atom stereocenters. The zero-order valence-corrected chi connectivity index (χ0v) is 14.0. The molecule has 0 heterocycles. The minimum atomic E-state index is 0.513. The van der Waals surface area contributed by atoms with Crippen molar-refractivity contribution >= 4 is 11.8 Å². The van der Waals surface area contributed by atoms with Gasteiger partial charge in [0.25, 0.3) is 0 Å². The van der Waals surface area contributed by atoms with Gasteiger partial charge in [-0.1, -0.05) is 57.5 Å². The van der Waals surface area contributed by atoms with Crippen molar-refractivity contribution in [2.45, 2.75) is 63.8 Å². The van der Waals surface area contributed by atoms with Gasteiger partial charge in [-0.05, 0) is 36.5 Å². The van der Waals surface area contributed by atoms with Crippen LogP contribution in [0.2, 0.25) is 0 Å². The fraction of sp³-hybridized carbons (Fsp3) is 0.667. The molecule has 112 valence electrons. The van der Waals surface area contributed by atoms with Crippen molar-refractivity contribution in [2.24, 2.45) is 5.92 Å². The first kappa shape index (κ1) is 15.9. The first-order chi connectivity index (χ1) is 9.70. The maximum Gasteiger partial charge on any atom is 0.0325 e. The highest BCUT2D eigenvalue weighted by atomic mass is 32.2. The van der Waals surface area contributed by atoms with Gasteiger partial charge < -0.3 is 5.32 Å². The second-order valence-corrected chi connectivity index (χ2v) is 7.81. The lowest BCUT2D eigenvalue weighted by molar-refractivity contribution is 0.383. The Hall–Kier alpha value is -0.470. The van der Waals surface area contributed by atoms with Crippen LogP contribution in [0.1, 0.15) is 58.1 Å². The summed E-state index contributed by atoms with van der Waals surface area (Å²) in [6.45, 7) is 6.93. The first-order valence-electron chi connectivity index (χ1n) is 8.13. The molecule has 0 aromatic heterocycles. The van der Waals surface area contributed by atoms with Crippen LogP contribution in [0.15, 0.2) is 30.3 Å². The van der Waals surface area contributed by atoms with Crippen molar-refractivity contribution in [1.29, 1.82) is 0 Å². The van der Waals surface area contributed by atoms with E-state index >= 15 is 0 Å². The van der Waals surface area contributed by atoms with Crippen LogP contribution in [0.25, 0.3) is 0 Å². The smallest absolute Gasteiger partial charge is 0.0325 e. The molecule has 0 spiro atoms. The van der Waals surface area contributed by atoms with Crippen molar-refractivity contribution in [2.75, 3.05) is 5.75 Å². The number of rotatable bonds is 7. The average molecular weight is 292 g/mol. The topological polar surface area (TPSA) is 12.0 Å². The standard InChI is InChI=1S/C18H29NS/c1-4-20-18-12-8-11-16(18)19-17(13-14(2)3)15-9-6-5-7-10-15/h5-7,9-10,14,16-19H,4,8,11-13H2,1-3H3. The van der Waals surface area contributed by atoms with Gasteiger partial charge in [0, 0.05) is 17.3 Å². The molecule has 1 aliphatic rings. The Morgan fingerprint density at radius 1 is 1.20 bits per heavy atom. The average Bonchev–Trinajstić information content (AvgIpc) is 2.86. The summed E-state index contributed by atoms with van der Waals surface area (Å²) in [7, 11) is 0. The third-order valence-corrected chi connectivity index (χ3v) is 5.48. The van der Waals surface area contributed by atoms with E-state index in [9.17, 15) is 0 Å². The predicted octanol–water partition coefficient (Wildman–Crippen LogP) is 5.04. The Bertz CT molecular complexity index is 376. The molecule has 1 aliphatic carbocycles. The molecule has 0 saturated heterocycles. The van der Waals surface area contributed by atoms with Gasteiger partial charge in [0.2, 0.25) is 0 Å². The lowest BCUT2D eigenvalue weighted by Gasteiger charge is -2.28. The molecule has 1 saturated carbocycles. The number of benzene rings is 1. The number of hydrogen-bond acceptors (Lipinski definition) is 2. The van der Waals surface area contributed by atoms with Crippen LogP contribution in [-0.2, 0) is 0 Å². The van der Waals surface area contributed by atoms with E-state index in [1.54, 1.807) is 0 Å². The highest BCUT2D eigenvalue weighted by Crippen LogP contribution is 2.32. The molecule has 20 heavy (non-hydrogen) atoms. The van der Waals surface area contributed by atoms with Gasteiger partial charge in [-0.15, -0.1) is 0 Å². The van der Waals surface area contributed by atoms with E-state index in [-0.39, 0.29) is 0 Å². The summed E-state index contributed by atoms with van der Waals surface area (Å²) < 4.78 is 0. The van der Waals surface area contributed by atoms with Gasteiger partial charge in [-0.25, -0.2) is 0 Å². The molecule has 0 amide bonds. The lowest BCUT2D eigenvalue weighted by atomic mass is 9.96. The Balaban J connectivity index is 2.04. The minimum Gasteiger partial charge on any atom is -0.306 e. The lowest BCUT2D eigenvalue weighted by Crippen LogP contribution is -2.37. The molecule has 1 N–H and O–H groups in total. The SMILES string of the molecule is CCSC1CCCC1NC(CC(C)C)c1ccccc1. The summed E-state index contributed by atoms with van der Waals surface area (Å²) in [6.07, 6.45) is 5.35. The van der Waals surface area contributed by atoms with Crippen LogP contribution in [0, 0.1) is 5.92 Å². The van der Waals surface area contributed by atoms with Crippen molar-refractivity contribution in [1.82, 2.24) is 5.32 Å². The van der Waals surface area contributed by atoms with Crippen LogP contribution >= 0.6 is 11.8 Å². The molecule has 0 aliphatic heterocycles. The van der Waals surface area contributed by atoms with Gasteiger partial charge >= 0.3 is 0 Å². The van der Waals surface area contributed by atoms with Gasteiger partial charge in [0.15, 0.2) is 0 Å². The van der Waals surface area contributed by atoms with Crippen molar-refractivity contribution in [3.63, 3.8) is 0 Å². The Kier molecular flexibility index (Phi) is 6.44. The van der Waals surface area contributed by atoms with E-state index in [4.69, 9.17) is 0 Å². The fourth-order valence-corrected chi connectivity index (χ4v) is 4.45. The van der Waals surface area contributed by atoms with Crippen LogP contribution in [-0.4, -0.2) is 17.0 Å². The van der Waals surface area contributed by atoms with E-state index < -0.39 is 0 Å². The van der Waals surface area contributed by atoms with Crippen molar-refractivity contribution in [3.8, 4) is 0 Å². The molecule has 1 aromatic rings. The van der Waals surface area contributed by atoms with E-state index in [1.807, 2.05) is 0 Å². The second-order valence-electron chi connectivity index (χ2n) is 6.29. The van der Waals surface area contributed by atoms with Gasteiger partial charge in [0.1, 0.15) is 0 Å². The van der Waals surface area contributed by atoms with E-state index in [0.29, 0.717) is 12.1 Å². The summed E-state index contributed by atoms with van der Waals surface area (Å²) in [6, 6.07) is 12.2. The molecule has 1 nitrogen and oxygen atoms in total. The maximum atomic E-state index is 3.98. The highest BCUT2D eigenvalue weighted by Gasteiger charge is 2.29. The second kappa shape index (κ2) is 8.09. The van der Waals surface area contributed by atoms with Crippen LogP contribution in [0.3, 0.4) is 0 Å². The van der Waals surface area contributed by atoms with Crippen LogP contribution in [0.4, 0.5) is 0 Å². The van der Waals surface area contributed by atoms with Gasteiger partial charge in [-0.2, -0.15) is 11.8 Å². The Labute approximate surface area is 128 Å². The molecule has 1 fully saturated rings. The van der Waals surface area contributed by atoms with Crippen LogP contribution in [0.5, 0.6) is 0 Å². The normalized spacial score (nSPS) is 24.2. The highest BCUT2D eigenvalue weighted by molar-refractivity contribution is 7.99. The summed E-state index contributed by atoms with van der Waals surface area (Å²) in [4.78, 5) is 0. The fourth-order valence-electron chi connectivity index (χ4n) is 3.25. The quantitative estimate of drug-likeness (QED) is 0.755. The molecule has 2 heteroatoms. The van der Waals surface area contributed by atoms with Crippen molar-refractivity contribution < 1.29 is 0 Å². The maximum absolute atomic E-state index is 3.98. The predicted molar refractivity (Wildman–Crippen MR) is 91.3 cm³/mol. The summed E-state index contributed by atoms with van der Waals surface area (Å²) in [5, 5.41) is 4.80. The van der Waals surface area contributed by atoms with Crippen molar-refractivity contribution in [3.05, 3.63) is 35.9 Å². The summed E-state index contributed by atoms with van der Waals surface area (Å²) >= 11 is 2.14. The molecular weight excluding hydrogens is 262 g/mol. The Morgan fingerprint density at radius 3 is 2.60 bits per heavy atom. The molecule has 1 aromatic carbocycles. The van der Waals surface area contributed by atoms with Gasteiger partial charge in [-0.3, -0.25) is 0 Å². The molecule has 0 bridgehead atoms. The summed E-state index contributed by atoms with van der Waals surface area (Å²) in [5.41, 5.74) is 1.45. The largest absolute Gasteiger partial charge is 0.306 e. The zero-order valence-electron chi connectivity index (χ0n) is 13.1. The zero-order chi connectivity index (χ0) is 14.4. The first-order valence-corrected chi connectivity index (χ1v) is 9.18. The van der Waals surface area contributed by atoms with Gasteiger partial charge in [0.05, 0.1) is 0 Å².